The van der Waals surface area contributed by atoms with Gasteiger partial charge in [0.2, 0.25) is 0 Å². The van der Waals surface area contributed by atoms with E-state index in [-0.39, 0.29) is 31.1 Å². The zero-order valence-corrected chi connectivity index (χ0v) is 34.3. The van der Waals surface area contributed by atoms with Gasteiger partial charge in [0.1, 0.15) is 13.2 Å². The molecule has 0 rings (SSSR count). The molecular weight excluding hydrogens is 649 g/mol. The fraction of sp³-hybridized carbons (Fsp3) is 0.804. The summed E-state index contributed by atoms with van der Waals surface area (Å²) in [5.74, 6) is -0.904. The van der Waals surface area contributed by atoms with Gasteiger partial charge < -0.3 is 14.2 Å². The van der Waals surface area contributed by atoms with Crippen molar-refractivity contribution in [1.29, 1.82) is 0 Å². The van der Waals surface area contributed by atoms with Crippen LogP contribution in [0, 0.1) is 0 Å². The molecule has 0 amide bonds. The third-order valence-electron chi connectivity index (χ3n) is 9.35. The number of allylic oxidation sites excluding steroid dienone is 6. The Morgan fingerprint density at radius 2 is 0.731 bits per heavy atom. The van der Waals surface area contributed by atoms with Crippen molar-refractivity contribution in [3.8, 4) is 0 Å². The molecule has 52 heavy (non-hydrogen) atoms. The van der Waals surface area contributed by atoms with E-state index in [1.54, 1.807) is 0 Å². The number of unbranched alkanes of at least 4 members (excludes halogenated alkanes) is 22. The second kappa shape index (κ2) is 41.4. The van der Waals surface area contributed by atoms with E-state index < -0.39 is 6.10 Å². The SMILES string of the molecule is CCC/C=C\CCCCCCCC(=O)OC(COC(=O)CCCCCCCCC)COC(=O)CCCCCCCCC/C=C\C/C=C\CCCCC. The number of carbonyl (C=O) groups excluding carboxylic acids is 3. The number of carbonyl (C=O) groups is 3. The quantitative estimate of drug-likeness (QED) is 0.0271. The second-order valence-electron chi connectivity index (χ2n) is 14.6. The summed E-state index contributed by atoms with van der Waals surface area (Å²) in [6, 6.07) is 0. The smallest absolute Gasteiger partial charge is 0.306 e. The van der Waals surface area contributed by atoms with E-state index in [9.17, 15) is 14.4 Å². The summed E-state index contributed by atoms with van der Waals surface area (Å²) < 4.78 is 16.6. The lowest BCUT2D eigenvalue weighted by Gasteiger charge is -2.18. The van der Waals surface area contributed by atoms with Crippen LogP contribution in [0.5, 0.6) is 0 Å². The summed E-state index contributed by atoms with van der Waals surface area (Å²) in [7, 11) is 0. The van der Waals surface area contributed by atoms with Crippen molar-refractivity contribution in [3.05, 3.63) is 36.5 Å². The number of ether oxygens (including phenoxy) is 3. The zero-order valence-electron chi connectivity index (χ0n) is 34.3. The molecule has 0 heterocycles. The van der Waals surface area contributed by atoms with Crippen LogP contribution in [0.1, 0.15) is 220 Å². The van der Waals surface area contributed by atoms with Gasteiger partial charge in [0, 0.05) is 19.3 Å². The van der Waals surface area contributed by atoms with E-state index in [0.717, 1.165) is 89.9 Å². The van der Waals surface area contributed by atoms with Gasteiger partial charge in [-0.1, -0.05) is 166 Å². The first-order valence-electron chi connectivity index (χ1n) is 22.0. The minimum absolute atomic E-state index is 0.0775. The van der Waals surface area contributed by atoms with Crippen molar-refractivity contribution in [2.24, 2.45) is 0 Å². The van der Waals surface area contributed by atoms with Crippen LogP contribution in [0.25, 0.3) is 0 Å². The average Bonchev–Trinajstić information content (AvgIpc) is 3.14. The minimum Gasteiger partial charge on any atom is -0.462 e. The molecule has 0 aromatic carbocycles. The van der Waals surface area contributed by atoms with E-state index >= 15 is 0 Å². The Morgan fingerprint density at radius 1 is 0.385 bits per heavy atom. The molecule has 0 fully saturated rings. The lowest BCUT2D eigenvalue weighted by Crippen LogP contribution is -2.30. The Labute approximate surface area is 321 Å². The van der Waals surface area contributed by atoms with Gasteiger partial charge in [-0.15, -0.1) is 0 Å². The molecule has 0 N–H and O–H groups in total. The zero-order chi connectivity index (χ0) is 38.0. The Balaban J connectivity index is 4.28. The molecular formula is C46H82O6. The highest BCUT2D eigenvalue weighted by Gasteiger charge is 2.19. The predicted molar refractivity (Wildman–Crippen MR) is 219 cm³/mol. The van der Waals surface area contributed by atoms with Crippen LogP contribution in [0.4, 0.5) is 0 Å². The molecule has 0 aliphatic heterocycles. The van der Waals surface area contributed by atoms with Crippen LogP contribution >= 0.6 is 0 Å². The molecule has 6 heteroatoms. The van der Waals surface area contributed by atoms with Crippen LogP contribution < -0.4 is 0 Å². The third kappa shape index (κ3) is 38.9. The molecule has 0 radical (unpaired) electrons. The molecule has 302 valence electrons. The highest BCUT2D eigenvalue weighted by molar-refractivity contribution is 5.71. The Hall–Kier alpha value is -2.37. The lowest BCUT2D eigenvalue weighted by atomic mass is 10.1. The van der Waals surface area contributed by atoms with Crippen LogP contribution in [-0.2, 0) is 28.6 Å². The van der Waals surface area contributed by atoms with Crippen LogP contribution in [-0.4, -0.2) is 37.2 Å². The molecule has 1 atom stereocenters. The van der Waals surface area contributed by atoms with Gasteiger partial charge in [-0.25, -0.2) is 0 Å². The van der Waals surface area contributed by atoms with Gasteiger partial charge in [-0.05, 0) is 70.6 Å². The van der Waals surface area contributed by atoms with Crippen LogP contribution in [0.3, 0.4) is 0 Å². The van der Waals surface area contributed by atoms with Gasteiger partial charge in [-0.3, -0.25) is 14.4 Å². The number of esters is 3. The van der Waals surface area contributed by atoms with E-state index in [0.29, 0.717) is 19.3 Å². The molecule has 6 nitrogen and oxygen atoms in total. The van der Waals surface area contributed by atoms with Gasteiger partial charge >= 0.3 is 17.9 Å². The highest BCUT2D eigenvalue weighted by atomic mass is 16.6. The van der Waals surface area contributed by atoms with Crippen LogP contribution in [0.2, 0.25) is 0 Å². The molecule has 0 spiro atoms. The van der Waals surface area contributed by atoms with Gasteiger partial charge in [0.25, 0.3) is 0 Å². The van der Waals surface area contributed by atoms with Gasteiger partial charge in [-0.2, -0.15) is 0 Å². The lowest BCUT2D eigenvalue weighted by molar-refractivity contribution is -0.167. The van der Waals surface area contributed by atoms with E-state index in [2.05, 4.69) is 57.2 Å². The van der Waals surface area contributed by atoms with E-state index in [1.165, 1.54) is 89.9 Å². The summed E-state index contributed by atoms with van der Waals surface area (Å²) in [6.45, 7) is 6.48. The molecule has 0 saturated carbocycles. The first-order chi connectivity index (χ1) is 25.5. The normalized spacial score (nSPS) is 12.3. The van der Waals surface area contributed by atoms with E-state index in [4.69, 9.17) is 14.2 Å². The van der Waals surface area contributed by atoms with Crippen molar-refractivity contribution in [2.75, 3.05) is 13.2 Å². The van der Waals surface area contributed by atoms with Gasteiger partial charge in [0.15, 0.2) is 6.10 Å². The average molecular weight is 731 g/mol. The molecule has 0 aromatic heterocycles. The summed E-state index contributed by atoms with van der Waals surface area (Å²) in [4.78, 5) is 37.5. The summed E-state index contributed by atoms with van der Waals surface area (Å²) in [5.41, 5.74) is 0. The van der Waals surface area contributed by atoms with Crippen molar-refractivity contribution in [3.63, 3.8) is 0 Å². The van der Waals surface area contributed by atoms with Crippen molar-refractivity contribution >= 4 is 17.9 Å². The maximum Gasteiger partial charge on any atom is 0.306 e. The minimum atomic E-state index is -0.772. The third-order valence-corrected chi connectivity index (χ3v) is 9.35. The second-order valence-corrected chi connectivity index (χ2v) is 14.6. The van der Waals surface area contributed by atoms with E-state index in [1.807, 2.05) is 0 Å². The number of hydrogen-bond donors (Lipinski definition) is 0. The number of rotatable bonds is 39. The fourth-order valence-electron chi connectivity index (χ4n) is 6.00. The molecule has 0 aliphatic rings. The van der Waals surface area contributed by atoms with Crippen molar-refractivity contribution in [2.45, 2.75) is 226 Å². The predicted octanol–water partition coefficient (Wildman–Crippen LogP) is 13.8. The van der Waals surface area contributed by atoms with Crippen LogP contribution in [0.15, 0.2) is 36.5 Å². The molecule has 0 aromatic rings. The Morgan fingerprint density at radius 3 is 1.19 bits per heavy atom. The number of hydrogen-bond acceptors (Lipinski definition) is 6. The summed E-state index contributed by atoms with van der Waals surface area (Å²) in [6.07, 6.45) is 45.7. The molecule has 1 unspecified atom stereocenters. The Kier molecular flexibility index (Phi) is 39.5. The highest BCUT2D eigenvalue weighted by Crippen LogP contribution is 2.13. The monoisotopic (exact) mass is 731 g/mol. The Bertz CT molecular complexity index is 891. The fourth-order valence-corrected chi connectivity index (χ4v) is 6.00. The maximum atomic E-state index is 12.6. The summed E-state index contributed by atoms with van der Waals surface area (Å²) in [5, 5.41) is 0. The first kappa shape index (κ1) is 49.6. The molecule has 0 aliphatic carbocycles. The largest absolute Gasteiger partial charge is 0.462 e. The summed E-state index contributed by atoms with van der Waals surface area (Å²) >= 11 is 0. The van der Waals surface area contributed by atoms with Gasteiger partial charge in [0.05, 0.1) is 0 Å². The maximum absolute atomic E-state index is 12.6. The standard InChI is InChI=1S/C46H82O6/c1-4-7-10-13-16-18-20-21-22-23-24-25-26-28-30-33-36-39-45(48)51-42-43(41-50-44(47)38-35-32-29-15-12-9-6-3)52-46(49)40-37-34-31-27-19-17-14-11-8-5-2/h11,14,16,18,21-22,43H,4-10,12-13,15,17,19-20,23-42H2,1-3H3/b14-11-,18-16-,22-21-. The van der Waals surface area contributed by atoms with Crippen molar-refractivity contribution < 1.29 is 28.6 Å². The molecule has 0 saturated heterocycles. The molecule has 0 bridgehead atoms. The topological polar surface area (TPSA) is 78.9 Å². The first-order valence-corrected chi connectivity index (χ1v) is 22.0. The van der Waals surface area contributed by atoms with Crippen molar-refractivity contribution in [1.82, 2.24) is 0 Å².